The number of methoxy groups -OCH3 is 1. The van der Waals surface area contributed by atoms with E-state index in [-0.39, 0.29) is 36.5 Å². The predicted octanol–water partition coefficient (Wildman–Crippen LogP) is 2.85. The zero-order valence-corrected chi connectivity index (χ0v) is 18.5. The van der Waals surface area contributed by atoms with E-state index in [2.05, 4.69) is 15.9 Å². The fraction of sp³-hybridized carbons (Fsp3) is 0.591. The molecular weight excluding hydrogens is 455 g/mol. The van der Waals surface area contributed by atoms with Crippen LogP contribution in [0.3, 0.4) is 0 Å². The Morgan fingerprint density at radius 3 is 2.23 bits per heavy atom. The molecular formula is C22H26BrFN2O4. The number of halogens is 2. The van der Waals surface area contributed by atoms with E-state index in [9.17, 15) is 18.8 Å². The average Bonchev–Trinajstić information content (AvgIpc) is 3.35. The maximum Gasteiger partial charge on any atom is 0.305 e. The topological polar surface area (TPSA) is 112 Å². The van der Waals surface area contributed by atoms with E-state index in [1.54, 1.807) is 12.1 Å². The summed E-state index contributed by atoms with van der Waals surface area (Å²) in [6.45, 7) is 0. The number of primary amides is 2. The van der Waals surface area contributed by atoms with Gasteiger partial charge in [0, 0.05) is 10.9 Å². The van der Waals surface area contributed by atoms with Crippen molar-refractivity contribution in [2.24, 2.45) is 39.5 Å². The number of carbonyl (C=O) groups is 3. The molecule has 3 aliphatic carbocycles. The van der Waals surface area contributed by atoms with Gasteiger partial charge >= 0.3 is 5.97 Å². The summed E-state index contributed by atoms with van der Waals surface area (Å²) in [6, 6.07) is 4.65. The highest BCUT2D eigenvalue weighted by molar-refractivity contribution is 9.10. The third kappa shape index (κ3) is 2.61. The van der Waals surface area contributed by atoms with E-state index >= 15 is 0 Å². The van der Waals surface area contributed by atoms with E-state index in [1.165, 1.54) is 13.2 Å². The number of amides is 2. The van der Waals surface area contributed by atoms with Crippen molar-refractivity contribution in [3.05, 3.63) is 34.1 Å². The predicted molar refractivity (Wildman–Crippen MR) is 110 cm³/mol. The van der Waals surface area contributed by atoms with Gasteiger partial charge in [0.1, 0.15) is 5.82 Å². The van der Waals surface area contributed by atoms with Gasteiger partial charge in [-0.3, -0.25) is 14.4 Å². The Kier molecular flexibility index (Phi) is 4.99. The van der Waals surface area contributed by atoms with E-state index in [0.717, 1.165) is 25.7 Å². The monoisotopic (exact) mass is 480 g/mol. The molecule has 1 aromatic rings. The molecule has 0 saturated heterocycles. The van der Waals surface area contributed by atoms with E-state index in [4.69, 9.17) is 16.2 Å². The maximum atomic E-state index is 14.8. The molecule has 6 nitrogen and oxygen atoms in total. The number of hydrogen-bond acceptors (Lipinski definition) is 4. The first-order valence-corrected chi connectivity index (χ1v) is 11.1. The van der Waals surface area contributed by atoms with Gasteiger partial charge in [-0.1, -0.05) is 22.0 Å². The molecule has 30 heavy (non-hydrogen) atoms. The first kappa shape index (κ1) is 21.3. The minimum atomic E-state index is -1.33. The third-order valence-electron chi connectivity index (χ3n) is 8.26. The normalized spacial score (nSPS) is 32.9. The Bertz CT molecular complexity index is 934. The lowest BCUT2D eigenvalue weighted by Gasteiger charge is -2.49. The second kappa shape index (κ2) is 7.04. The largest absolute Gasteiger partial charge is 0.469 e. The van der Waals surface area contributed by atoms with Gasteiger partial charge < -0.3 is 16.2 Å². The Morgan fingerprint density at radius 1 is 1.13 bits per heavy atom. The van der Waals surface area contributed by atoms with Gasteiger partial charge in [0.2, 0.25) is 11.8 Å². The molecule has 0 aromatic heterocycles. The lowest BCUT2D eigenvalue weighted by molar-refractivity contribution is -0.159. The number of benzene rings is 1. The lowest BCUT2D eigenvalue weighted by Crippen LogP contribution is -2.61. The van der Waals surface area contributed by atoms with Gasteiger partial charge in [-0.15, -0.1) is 0 Å². The fourth-order valence-corrected chi connectivity index (χ4v) is 7.46. The molecule has 2 amide bonds. The van der Waals surface area contributed by atoms with Crippen molar-refractivity contribution in [3.63, 3.8) is 0 Å². The third-order valence-corrected chi connectivity index (χ3v) is 8.75. The van der Waals surface area contributed by atoms with E-state index < -0.39 is 34.4 Å². The van der Waals surface area contributed by atoms with Gasteiger partial charge in [-0.2, -0.15) is 0 Å². The number of rotatable bonds is 7. The Balaban J connectivity index is 1.89. The van der Waals surface area contributed by atoms with Crippen LogP contribution in [0.15, 0.2) is 22.7 Å². The van der Waals surface area contributed by atoms with Crippen molar-refractivity contribution in [1.82, 2.24) is 0 Å². The summed E-state index contributed by atoms with van der Waals surface area (Å²) in [5.41, 5.74) is 9.60. The minimum Gasteiger partial charge on any atom is -0.469 e. The molecule has 0 radical (unpaired) electrons. The quantitative estimate of drug-likeness (QED) is 0.584. The fourth-order valence-electron chi connectivity index (χ4n) is 7.13. The average molecular weight is 481 g/mol. The summed E-state index contributed by atoms with van der Waals surface area (Å²) in [5, 5.41) is 0. The molecule has 2 bridgehead atoms. The van der Waals surface area contributed by atoms with Crippen LogP contribution in [0.2, 0.25) is 0 Å². The summed E-state index contributed by atoms with van der Waals surface area (Å²) in [5.74, 6) is -2.49. The van der Waals surface area contributed by atoms with E-state index in [1.807, 2.05) is 0 Å². The summed E-state index contributed by atoms with van der Waals surface area (Å²) in [4.78, 5) is 38.3. The first-order chi connectivity index (χ1) is 14.2. The van der Waals surface area contributed by atoms with Crippen LogP contribution in [0, 0.1) is 33.9 Å². The summed E-state index contributed by atoms with van der Waals surface area (Å²) in [7, 11) is 1.28. The van der Waals surface area contributed by atoms with Crippen LogP contribution in [0.5, 0.6) is 0 Å². The second-order valence-electron chi connectivity index (χ2n) is 9.08. The first-order valence-electron chi connectivity index (χ1n) is 10.3. The molecule has 3 aliphatic rings. The molecule has 4 rings (SSSR count). The highest BCUT2D eigenvalue weighted by atomic mass is 79.9. The van der Waals surface area contributed by atoms with Crippen molar-refractivity contribution in [2.75, 3.05) is 7.11 Å². The van der Waals surface area contributed by atoms with Crippen LogP contribution >= 0.6 is 15.9 Å². The highest BCUT2D eigenvalue weighted by Crippen LogP contribution is 2.83. The van der Waals surface area contributed by atoms with Crippen LogP contribution in [-0.2, 0) is 25.5 Å². The molecule has 3 saturated carbocycles. The minimum absolute atomic E-state index is 0.00548. The smallest absolute Gasteiger partial charge is 0.305 e. The van der Waals surface area contributed by atoms with Crippen LogP contribution in [0.4, 0.5) is 4.39 Å². The number of ether oxygens (including phenoxy) is 1. The van der Waals surface area contributed by atoms with Crippen molar-refractivity contribution in [2.45, 2.75) is 44.9 Å². The van der Waals surface area contributed by atoms with Gasteiger partial charge in [0.25, 0.3) is 0 Å². The van der Waals surface area contributed by atoms with Crippen molar-refractivity contribution < 1.29 is 23.5 Å². The van der Waals surface area contributed by atoms with Gasteiger partial charge in [0.05, 0.1) is 17.9 Å². The Morgan fingerprint density at radius 2 is 1.73 bits per heavy atom. The van der Waals surface area contributed by atoms with E-state index in [0.29, 0.717) is 10.0 Å². The molecule has 3 fully saturated rings. The standard InChI is InChI=1S/C22H26BrFN2O4/c1-30-17(27)6-7-21(18(25)28)15-4-5-16(20(15)8-9-20)22(21,19(26)29)11-12-2-3-13(23)10-14(12)24/h2-3,10,15-16H,4-9,11H2,1H3,(H2,25,28)(H2,26,29)/t15-,16+,21+,22+/m1/s1. The molecule has 162 valence electrons. The highest BCUT2D eigenvalue weighted by Gasteiger charge is 2.83. The van der Waals surface area contributed by atoms with Gasteiger partial charge in [-0.25, -0.2) is 4.39 Å². The van der Waals surface area contributed by atoms with Crippen molar-refractivity contribution in [1.29, 1.82) is 0 Å². The summed E-state index contributed by atoms with van der Waals surface area (Å²) >= 11 is 3.25. The maximum absolute atomic E-state index is 14.8. The second-order valence-corrected chi connectivity index (χ2v) is 9.99. The zero-order chi connectivity index (χ0) is 21.9. The molecule has 4 N–H and O–H groups in total. The molecule has 0 heterocycles. The molecule has 1 aromatic carbocycles. The zero-order valence-electron chi connectivity index (χ0n) is 16.9. The Hall–Kier alpha value is -1.96. The Labute approximate surface area is 183 Å². The SMILES string of the molecule is COC(=O)CC[C@@]1(C(N)=O)[C@@H]2CC[C@@H](C23CC3)[C@@]1(Cc1ccc(Br)cc1F)C(N)=O. The molecule has 0 aliphatic heterocycles. The summed E-state index contributed by atoms with van der Waals surface area (Å²) < 4.78 is 20.2. The molecule has 1 spiro atoms. The number of nitrogens with two attached hydrogens (primary N) is 2. The number of carbonyl (C=O) groups excluding carboxylic acids is 3. The number of esters is 1. The van der Waals surface area contributed by atoms with Crippen LogP contribution in [0.25, 0.3) is 0 Å². The number of hydrogen-bond donors (Lipinski definition) is 2. The van der Waals surface area contributed by atoms with Crippen LogP contribution in [0.1, 0.15) is 44.1 Å². The molecule has 8 heteroatoms. The van der Waals surface area contributed by atoms with Crippen LogP contribution in [-0.4, -0.2) is 24.9 Å². The lowest BCUT2D eigenvalue weighted by atomic mass is 9.51. The summed E-state index contributed by atoms with van der Waals surface area (Å²) in [6.07, 6.45) is 3.33. The van der Waals surface area contributed by atoms with Crippen molar-refractivity contribution in [3.8, 4) is 0 Å². The van der Waals surface area contributed by atoms with Gasteiger partial charge in [-0.05, 0) is 73.5 Å². The van der Waals surface area contributed by atoms with Crippen molar-refractivity contribution >= 4 is 33.7 Å². The van der Waals surface area contributed by atoms with Gasteiger partial charge in [0.15, 0.2) is 0 Å². The molecule has 4 atom stereocenters. The van der Waals surface area contributed by atoms with Crippen LogP contribution < -0.4 is 11.5 Å². The molecule has 0 unspecified atom stereocenters.